The van der Waals surface area contributed by atoms with Gasteiger partial charge in [-0.2, -0.15) is 0 Å². The summed E-state index contributed by atoms with van der Waals surface area (Å²) in [5.41, 5.74) is 7.44. The Bertz CT molecular complexity index is 484. The molecule has 2 rings (SSSR count). The van der Waals surface area contributed by atoms with Gasteiger partial charge in [0.05, 0.1) is 5.69 Å². The highest BCUT2D eigenvalue weighted by atomic mass is 16.2. The molecule has 0 aromatic carbocycles. The number of aromatic nitrogens is 1. The van der Waals surface area contributed by atoms with Gasteiger partial charge < -0.3 is 15.2 Å². The highest BCUT2D eigenvalue weighted by Gasteiger charge is 2.29. The van der Waals surface area contributed by atoms with E-state index in [1.165, 1.54) is 6.42 Å². The minimum absolute atomic E-state index is 0.110. The summed E-state index contributed by atoms with van der Waals surface area (Å²) in [7, 11) is 1.87. The number of carbonyl (C=O) groups excluding carboxylic acids is 1. The van der Waals surface area contributed by atoms with Gasteiger partial charge in [0.2, 0.25) is 0 Å². The second-order valence-corrected chi connectivity index (χ2v) is 7.06. The lowest BCUT2D eigenvalue weighted by atomic mass is 9.77. The molecule has 0 radical (unpaired) electrons. The fraction of sp³-hybridized carbons (Fsp3) is 0.688. The number of nitrogens with two attached hydrogens (primary N) is 1. The molecule has 1 saturated heterocycles. The van der Waals surface area contributed by atoms with Crippen molar-refractivity contribution in [3.05, 3.63) is 18.0 Å². The Morgan fingerprint density at radius 2 is 2.00 bits per heavy atom. The summed E-state index contributed by atoms with van der Waals surface area (Å²) in [5, 5.41) is 0. The van der Waals surface area contributed by atoms with Crippen LogP contribution in [0.1, 0.15) is 50.5 Å². The molecule has 1 amide bonds. The lowest BCUT2D eigenvalue weighted by Gasteiger charge is -2.29. The molecule has 112 valence electrons. The highest BCUT2D eigenvalue weighted by molar-refractivity contribution is 5.93. The quantitative estimate of drug-likeness (QED) is 0.858. The van der Waals surface area contributed by atoms with Gasteiger partial charge in [0.15, 0.2) is 0 Å². The first-order chi connectivity index (χ1) is 9.29. The maximum Gasteiger partial charge on any atom is 0.270 e. The van der Waals surface area contributed by atoms with Crippen LogP contribution in [-0.4, -0.2) is 28.5 Å². The summed E-state index contributed by atoms with van der Waals surface area (Å²) in [5.74, 6) is 0.803. The van der Waals surface area contributed by atoms with Crippen LogP contribution in [0.15, 0.2) is 12.3 Å². The Labute approximate surface area is 121 Å². The zero-order chi connectivity index (χ0) is 14.9. The van der Waals surface area contributed by atoms with Gasteiger partial charge >= 0.3 is 0 Å². The van der Waals surface area contributed by atoms with Crippen molar-refractivity contribution >= 4 is 11.6 Å². The van der Waals surface area contributed by atoms with Gasteiger partial charge in [-0.1, -0.05) is 20.8 Å². The van der Waals surface area contributed by atoms with Gasteiger partial charge in [-0.3, -0.25) is 4.79 Å². The van der Waals surface area contributed by atoms with Crippen molar-refractivity contribution in [2.45, 2.75) is 40.0 Å². The van der Waals surface area contributed by atoms with Crippen LogP contribution in [-0.2, 0) is 7.05 Å². The first-order valence-electron chi connectivity index (χ1n) is 7.50. The zero-order valence-electron chi connectivity index (χ0n) is 13.1. The Hall–Kier alpha value is -1.45. The van der Waals surface area contributed by atoms with E-state index >= 15 is 0 Å². The molecule has 1 atom stereocenters. The maximum absolute atomic E-state index is 12.6. The smallest absolute Gasteiger partial charge is 0.270 e. The van der Waals surface area contributed by atoms with E-state index in [0.29, 0.717) is 22.7 Å². The molecule has 1 unspecified atom stereocenters. The highest BCUT2D eigenvalue weighted by Crippen LogP contribution is 2.34. The monoisotopic (exact) mass is 277 g/mol. The molecule has 0 bridgehead atoms. The van der Waals surface area contributed by atoms with Crippen molar-refractivity contribution in [2.24, 2.45) is 18.4 Å². The third-order valence-corrected chi connectivity index (χ3v) is 4.49. The van der Waals surface area contributed by atoms with E-state index in [1.807, 2.05) is 16.5 Å². The number of hydrogen-bond donors (Lipinski definition) is 1. The number of carbonyl (C=O) groups is 1. The summed E-state index contributed by atoms with van der Waals surface area (Å²) < 4.78 is 1.82. The summed E-state index contributed by atoms with van der Waals surface area (Å²) >= 11 is 0. The fourth-order valence-electron chi connectivity index (χ4n) is 3.13. The van der Waals surface area contributed by atoms with Crippen LogP contribution in [0.4, 0.5) is 5.69 Å². The van der Waals surface area contributed by atoms with E-state index in [1.54, 1.807) is 12.3 Å². The average Bonchev–Trinajstić information content (AvgIpc) is 2.56. The van der Waals surface area contributed by atoms with E-state index in [0.717, 1.165) is 25.9 Å². The van der Waals surface area contributed by atoms with Crippen molar-refractivity contribution in [3.63, 3.8) is 0 Å². The minimum Gasteiger partial charge on any atom is -0.397 e. The van der Waals surface area contributed by atoms with E-state index in [9.17, 15) is 4.79 Å². The van der Waals surface area contributed by atoms with Crippen LogP contribution >= 0.6 is 0 Å². The molecule has 20 heavy (non-hydrogen) atoms. The molecule has 0 aliphatic carbocycles. The van der Waals surface area contributed by atoms with Gasteiger partial charge in [-0.15, -0.1) is 0 Å². The predicted octanol–water partition coefficient (Wildman–Crippen LogP) is 2.90. The molecule has 1 fully saturated rings. The fourth-order valence-corrected chi connectivity index (χ4v) is 3.13. The Kier molecular flexibility index (Phi) is 4.11. The Morgan fingerprint density at radius 1 is 1.30 bits per heavy atom. The summed E-state index contributed by atoms with van der Waals surface area (Å²) in [6.07, 6.45) is 5.19. The average molecular weight is 277 g/mol. The van der Waals surface area contributed by atoms with Gasteiger partial charge in [0.25, 0.3) is 5.91 Å². The van der Waals surface area contributed by atoms with Crippen molar-refractivity contribution in [3.8, 4) is 0 Å². The van der Waals surface area contributed by atoms with Gasteiger partial charge in [0.1, 0.15) is 5.69 Å². The molecular formula is C16H27N3O. The largest absolute Gasteiger partial charge is 0.397 e. The number of nitrogens with zero attached hydrogens (tertiary/aromatic N) is 2. The number of aryl methyl sites for hydroxylation is 1. The van der Waals surface area contributed by atoms with Crippen LogP contribution < -0.4 is 5.73 Å². The van der Waals surface area contributed by atoms with Crippen molar-refractivity contribution < 1.29 is 4.79 Å². The molecule has 4 heteroatoms. The van der Waals surface area contributed by atoms with Crippen LogP contribution in [0.2, 0.25) is 0 Å². The molecule has 0 spiro atoms. The van der Waals surface area contributed by atoms with Crippen molar-refractivity contribution in [2.75, 3.05) is 18.8 Å². The molecule has 4 nitrogen and oxygen atoms in total. The summed E-state index contributed by atoms with van der Waals surface area (Å²) in [4.78, 5) is 14.6. The van der Waals surface area contributed by atoms with Crippen LogP contribution in [0.25, 0.3) is 0 Å². The van der Waals surface area contributed by atoms with Crippen molar-refractivity contribution in [1.29, 1.82) is 0 Å². The molecule has 1 aromatic heterocycles. The lowest BCUT2D eigenvalue weighted by molar-refractivity contribution is 0.0746. The standard InChI is InChI=1S/C16H27N3O/c1-16(2,3)12-6-5-8-19(9-7-12)15(20)14-10-13(17)11-18(14)4/h10-12H,5-9,17H2,1-4H3. The summed E-state index contributed by atoms with van der Waals surface area (Å²) in [6, 6.07) is 1.77. The topological polar surface area (TPSA) is 51.3 Å². The second kappa shape index (κ2) is 5.51. The van der Waals surface area contributed by atoms with Crippen molar-refractivity contribution in [1.82, 2.24) is 9.47 Å². The number of likely N-dealkylation sites (tertiary alicyclic amines) is 1. The first kappa shape index (κ1) is 14.9. The number of hydrogen-bond acceptors (Lipinski definition) is 2. The van der Waals surface area contributed by atoms with E-state index in [-0.39, 0.29) is 5.91 Å². The van der Waals surface area contributed by atoms with Crippen LogP contribution in [0, 0.1) is 11.3 Å². The SMILES string of the molecule is Cn1cc(N)cc1C(=O)N1CCCC(C(C)(C)C)CC1. The third kappa shape index (κ3) is 3.17. The normalized spacial score (nSPS) is 20.8. The zero-order valence-corrected chi connectivity index (χ0v) is 13.1. The van der Waals surface area contributed by atoms with E-state index in [4.69, 9.17) is 5.73 Å². The number of nitrogen functional groups attached to an aromatic ring is 1. The van der Waals surface area contributed by atoms with Gasteiger partial charge in [-0.05, 0) is 36.7 Å². The molecule has 2 heterocycles. The predicted molar refractivity (Wildman–Crippen MR) is 82.5 cm³/mol. The van der Waals surface area contributed by atoms with Gasteiger partial charge in [0, 0.05) is 26.3 Å². The van der Waals surface area contributed by atoms with Crippen LogP contribution in [0.5, 0.6) is 0 Å². The second-order valence-electron chi connectivity index (χ2n) is 7.06. The number of anilines is 1. The molecule has 1 aromatic rings. The summed E-state index contributed by atoms with van der Waals surface area (Å²) in [6.45, 7) is 8.61. The molecule has 1 aliphatic heterocycles. The lowest BCUT2D eigenvalue weighted by Crippen LogP contribution is -2.33. The molecule has 2 N–H and O–H groups in total. The molecule has 0 saturated carbocycles. The molecule has 1 aliphatic rings. The number of rotatable bonds is 1. The third-order valence-electron chi connectivity index (χ3n) is 4.49. The van der Waals surface area contributed by atoms with Crippen LogP contribution in [0.3, 0.4) is 0 Å². The molecular weight excluding hydrogens is 250 g/mol. The maximum atomic E-state index is 12.6. The number of amides is 1. The van der Waals surface area contributed by atoms with E-state index < -0.39 is 0 Å². The van der Waals surface area contributed by atoms with E-state index in [2.05, 4.69) is 20.8 Å². The minimum atomic E-state index is 0.110. The van der Waals surface area contributed by atoms with Gasteiger partial charge in [-0.25, -0.2) is 0 Å². The first-order valence-corrected chi connectivity index (χ1v) is 7.50. The Balaban J connectivity index is 2.07. The Morgan fingerprint density at radius 3 is 2.55 bits per heavy atom.